The summed E-state index contributed by atoms with van der Waals surface area (Å²) < 4.78 is 4.09. The smallest absolute Gasteiger partial charge is 0.331 e. The minimum atomic E-state index is -0.454. The minimum absolute atomic E-state index is 0.236. The van der Waals surface area contributed by atoms with E-state index in [2.05, 4.69) is 0 Å². The Hall–Kier alpha value is -2.37. The number of hydrogen-bond donors (Lipinski definition) is 0. The third-order valence-corrected chi connectivity index (χ3v) is 3.14. The number of rotatable bonds is 5. The van der Waals surface area contributed by atoms with Crippen molar-refractivity contribution in [3.8, 4) is 0 Å². The van der Waals surface area contributed by atoms with Crippen LogP contribution in [0.15, 0.2) is 40.2 Å². The van der Waals surface area contributed by atoms with Gasteiger partial charge in [0.25, 0.3) is 5.56 Å². The Bertz CT molecular complexity index is 737. The van der Waals surface area contributed by atoms with Crippen molar-refractivity contribution in [2.75, 3.05) is 0 Å². The third-order valence-electron chi connectivity index (χ3n) is 3.14. The molecule has 2 aromatic heterocycles. The van der Waals surface area contributed by atoms with Crippen molar-refractivity contribution in [1.82, 2.24) is 13.7 Å². The summed E-state index contributed by atoms with van der Waals surface area (Å²) in [5.74, 6) is -0.258. The van der Waals surface area contributed by atoms with Gasteiger partial charge in [-0.15, -0.1) is 0 Å². The summed E-state index contributed by atoms with van der Waals surface area (Å²) in [4.78, 5) is 36.1. The van der Waals surface area contributed by atoms with Gasteiger partial charge >= 0.3 is 5.69 Å². The van der Waals surface area contributed by atoms with Gasteiger partial charge < -0.3 is 9.13 Å². The van der Waals surface area contributed by atoms with Crippen molar-refractivity contribution < 1.29 is 4.79 Å². The van der Waals surface area contributed by atoms with Gasteiger partial charge in [-0.05, 0) is 18.6 Å². The molecule has 6 nitrogen and oxygen atoms in total. The van der Waals surface area contributed by atoms with Gasteiger partial charge in [-0.3, -0.25) is 14.2 Å². The molecule has 20 heavy (non-hydrogen) atoms. The van der Waals surface area contributed by atoms with Crippen molar-refractivity contribution in [3.05, 3.63) is 57.1 Å². The Morgan fingerprint density at radius 1 is 1.20 bits per heavy atom. The first-order valence-electron chi connectivity index (χ1n) is 6.49. The molecule has 0 bridgehead atoms. The molecule has 0 atom stereocenters. The van der Waals surface area contributed by atoms with E-state index in [1.807, 2.05) is 6.92 Å². The van der Waals surface area contributed by atoms with Gasteiger partial charge in [-0.1, -0.05) is 6.92 Å². The lowest BCUT2D eigenvalue weighted by molar-refractivity contribution is 0.0960. The number of ketones is 1. The molecule has 2 heterocycles. The van der Waals surface area contributed by atoms with E-state index in [-0.39, 0.29) is 12.3 Å². The fourth-order valence-corrected chi connectivity index (χ4v) is 2.09. The van der Waals surface area contributed by atoms with E-state index >= 15 is 0 Å². The molecular formula is C14H17N3O3. The van der Waals surface area contributed by atoms with Crippen LogP contribution in [-0.4, -0.2) is 19.5 Å². The van der Waals surface area contributed by atoms with Gasteiger partial charge in [-0.2, -0.15) is 0 Å². The summed E-state index contributed by atoms with van der Waals surface area (Å²) in [7, 11) is 1.75. The summed E-state index contributed by atoms with van der Waals surface area (Å²) in [5, 5.41) is 0. The highest BCUT2D eigenvalue weighted by Crippen LogP contribution is 2.01. The van der Waals surface area contributed by atoms with Crippen molar-refractivity contribution in [2.45, 2.75) is 26.4 Å². The van der Waals surface area contributed by atoms with Crippen LogP contribution in [0.3, 0.4) is 0 Å². The van der Waals surface area contributed by atoms with E-state index in [4.69, 9.17) is 0 Å². The molecule has 0 fully saturated rings. The van der Waals surface area contributed by atoms with Crippen LogP contribution in [0.25, 0.3) is 0 Å². The van der Waals surface area contributed by atoms with Gasteiger partial charge in [0.2, 0.25) is 0 Å². The largest absolute Gasteiger partial charge is 0.348 e. The van der Waals surface area contributed by atoms with E-state index in [1.165, 1.54) is 16.8 Å². The fraction of sp³-hybridized carbons (Fsp3) is 0.357. The molecule has 2 rings (SSSR count). The number of nitrogens with zero attached hydrogens (tertiary/aromatic N) is 3. The van der Waals surface area contributed by atoms with Crippen LogP contribution < -0.4 is 11.2 Å². The van der Waals surface area contributed by atoms with E-state index < -0.39 is 11.2 Å². The third kappa shape index (κ3) is 2.64. The Labute approximate surface area is 115 Å². The van der Waals surface area contributed by atoms with Crippen LogP contribution in [0, 0.1) is 0 Å². The highest BCUT2D eigenvalue weighted by molar-refractivity contribution is 5.94. The highest BCUT2D eigenvalue weighted by atomic mass is 16.2. The zero-order valence-electron chi connectivity index (χ0n) is 11.6. The van der Waals surface area contributed by atoms with E-state index in [1.54, 1.807) is 29.9 Å². The van der Waals surface area contributed by atoms with Crippen LogP contribution in [0.1, 0.15) is 23.8 Å². The normalized spacial score (nSPS) is 10.7. The maximum atomic E-state index is 12.1. The second-order valence-electron chi connectivity index (χ2n) is 4.64. The van der Waals surface area contributed by atoms with Gasteiger partial charge in [0.05, 0.1) is 12.2 Å². The lowest BCUT2D eigenvalue weighted by Crippen LogP contribution is -2.40. The lowest BCUT2D eigenvalue weighted by atomic mass is 10.3. The number of aromatic nitrogens is 3. The predicted octanol–water partition coefficient (Wildman–Crippen LogP) is 0.641. The zero-order valence-corrected chi connectivity index (χ0v) is 11.6. The maximum absolute atomic E-state index is 12.1. The Kier molecular flexibility index (Phi) is 4.02. The molecule has 106 valence electrons. The standard InChI is InChI=1S/C14H17N3O3/c1-3-7-16-9-6-13(19)17(14(16)20)10-12(18)11-5-4-8-15(11)2/h4-6,8-9H,3,7,10H2,1-2H3. The Morgan fingerprint density at radius 2 is 1.95 bits per heavy atom. The first kappa shape index (κ1) is 14.0. The predicted molar refractivity (Wildman–Crippen MR) is 75.0 cm³/mol. The average molecular weight is 275 g/mol. The second kappa shape index (κ2) is 5.73. The monoisotopic (exact) mass is 275 g/mol. The van der Waals surface area contributed by atoms with Crippen LogP contribution in [-0.2, 0) is 20.1 Å². The van der Waals surface area contributed by atoms with Crippen molar-refractivity contribution in [2.24, 2.45) is 7.05 Å². The van der Waals surface area contributed by atoms with Gasteiger partial charge in [0.15, 0.2) is 5.78 Å². The topological polar surface area (TPSA) is 66.0 Å². The summed E-state index contributed by atoms with van der Waals surface area (Å²) in [5.41, 5.74) is -0.422. The van der Waals surface area contributed by atoms with Gasteiger partial charge in [0.1, 0.15) is 0 Å². The molecule has 0 aromatic carbocycles. The summed E-state index contributed by atoms with van der Waals surface area (Å²) in [6.45, 7) is 2.23. The van der Waals surface area contributed by atoms with Crippen LogP contribution in [0.4, 0.5) is 0 Å². The van der Waals surface area contributed by atoms with Gasteiger partial charge in [-0.25, -0.2) is 4.79 Å². The second-order valence-corrected chi connectivity index (χ2v) is 4.64. The van der Waals surface area contributed by atoms with E-state index in [0.29, 0.717) is 12.2 Å². The van der Waals surface area contributed by atoms with E-state index in [9.17, 15) is 14.4 Å². The number of Topliss-reactive ketones (excluding diaryl/α,β-unsaturated/α-hetero) is 1. The first-order valence-corrected chi connectivity index (χ1v) is 6.49. The number of aryl methyl sites for hydroxylation is 2. The number of carbonyl (C=O) groups excluding carboxylic acids is 1. The molecule has 0 aliphatic heterocycles. The van der Waals surface area contributed by atoms with Gasteiger partial charge in [0, 0.05) is 32.1 Å². The molecule has 0 radical (unpaired) electrons. The van der Waals surface area contributed by atoms with Crippen LogP contribution >= 0.6 is 0 Å². The van der Waals surface area contributed by atoms with Crippen molar-refractivity contribution in [1.29, 1.82) is 0 Å². The average Bonchev–Trinajstić information content (AvgIpc) is 2.84. The summed E-state index contributed by atoms with van der Waals surface area (Å²) in [6, 6.07) is 4.73. The molecule has 2 aromatic rings. The number of hydrogen-bond acceptors (Lipinski definition) is 3. The summed E-state index contributed by atoms with van der Waals surface area (Å²) >= 11 is 0. The molecule has 0 aliphatic rings. The molecule has 0 saturated heterocycles. The molecule has 0 amide bonds. The number of carbonyl (C=O) groups is 1. The molecule has 6 heteroatoms. The SMILES string of the molecule is CCCn1ccc(=O)n(CC(=O)c2cccn2C)c1=O. The zero-order chi connectivity index (χ0) is 14.7. The molecule has 0 saturated carbocycles. The fourth-order valence-electron chi connectivity index (χ4n) is 2.09. The molecule has 0 aliphatic carbocycles. The minimum Gasteiger partial charge on any atom is -0.348 e. The van der Waals surface area contributed by atoms with E-state index in [0.717, 1.165) is 11.0 Å². The van der Waals surface area contributed by atoms with Crippen molar-refractivity contribution >= 4 is 5.78 Å². The lowest BCUT2D eigenvalue weighted by Gasteiger charge is -2.08. The quantitative estimate of drug-likeness (QED) is 0.752. The molecule has 0 spiro atoms. The molecule has 0 N–H and O–H groups in total. The maximum Gasteiger partial charge on any atom is 0.331 e. The Morgan fingerprint density at radius 3 is 2.55 bits per heavy atom. The van der Waals surface area contributed by atoms with Crippen LogP contribution in [0.5, 0.6) is 0 Å². The first-order chi connectivity index (χ1) is 9.54. The Balaban J connectivity index is 2.37. The van der Waals surface area contributed by atoms with Crippen molar-refractivity contribution in [3.63, 3.8) is 0 Å². The molecule has 0 unspecified atom stereocenters. The highest BCUT2D eigenvalue weighted by Gasteiger charge is 2.13. The van der Waals surface area contributed by atoms with Crippen LogP contribution in [0.2, 0.25) is 0 Å². The molecular weight excluding hydrogens is 258 g/mol. The summed E-state index contributed by atoms with van der Waals surface area (Å²) in [6.07, 6.45) is 4.00.